The smallest absolute Gasteiger partial charge is 0.226 e. The van der Waals surface area contributed by atoms with E-state index in [1.54, 1.807) is 0 Å². The number of hydrogen-bond acceptors (Lipinski definition) is 5. The molecule has 0 bridgehead atoms. The molecule has 25 heavy (non-hydrogen) atoms. The monoisotopic (exact) mass is 348 g/mol. The first-order valence-corrected chi connectivity index (χ1v) is 9.78. The molecule has 1 atom stereocenters. The van der Waals surface area contributed by atoms with E-state index in [1.807, 2.05) is 0 Å². The largest absolute Gasteiger partial charge is 0.352 e. The number of rotatable bonds is 6. The molecule has 1 aliphatic heterocycles. The molecule has 1 aliphatic carbocycles. The van der Waals surface area contributed by atoms with Gasteiger partial charge in [-0.3, -0.25) is 9.69 Å². The summed E-state index contributed by atoms with van der Waals surface area (Å²) in [5.41, 5.74) is -0.104. The first-order valence-electron chi connectivity index (χ1n) is 9.78. The molecule has 1 N–H and O–H groups in total. The van der Waals surface area contributed by atoms with E-state index in [2.05, 4.69) is 41.1 Å². The molecule has 140 valence electrons. The third-order valence-electron chi connectivity index (χ3n) is 5.36. The summed E-state index contributed by atoms with van der Waals surface area (Å²) in [5, 5.41) is 7.22. The van der Waals surface area contributed by atoms with E-state index in [1.165, 1.54) is 25.7 Å². The van der Waals surface area contributed by atoms with Crippen molar-refractivity contribution in [3.63, 3.8) is 0 Å². The van der Waals surface area contributed by atoms with Crippen molar-refractivity contribution in [3.8, 4) is 0 Å². The highest BCUT2D eigenvalue weighted by Gasteiger charge is 2.30. The molecule has 6 nitrogen and oxygen atoms in total. The molecule has 1 aromatic rings. The lowest BCUT2D eigenvalue weighted by molar-refractivity contribution is -0.121. The highest BCUT2D eigenvalue weighted by molar-refractivity contribution is 5.76. The van der Waals surface area contributed by atoms with E-state index in [4.69, 9.17) is 4.52 Å². The molecule has 0 radical (unpaired) electrons. The molecular weight excluding hydrogens is 316 g/mol. The van der Waals surface area contributed by atoms with Crippen LogP contribution in [0.5, 0.6) is 0 Å². The van der Waals surface area contributed by atoms with E-state index in [0.29, 0.717) is 24.8 Å². The highest BCUT2D eigenvalue weighted by Crippen LogP contribution is 2.26. The van der Waals surface area contributed by atoms with E-state index in [9.17, 15) is 4.79 Å². The Morgan fingerprint density at radius 1 is 1.28 bits per heavy atom. The fourth-order valence-electron chi connectivity index (χ4n) is 3.87. The zero-order valence-electron chi connectivity index (χ0n) is 15.9. The normalized spacial score (nSPS) is 22.6. The van der Waals surface area contributed by atoms with E-state index in [0.717, 1.165) is 37.8 Å². The van der Waals surface area contributed by atoms with E-state index < -0.39 is 0 Å². The molecule has 1 saturated carbocycles. The molecule has 6 heteroatoms. The van der Waals surface area contributed by atoms with Gasteiger partial charge in [0, 0.05) is 43.4 Å². The van der Waals surface area contributed by atoms with Crippen LogP contribution in [-0.2, 0) is 16.6 Å². The fraction of sp³-hybridized carbons (Fsp3) is 0.842. The summed E-state index contributed by atoms with van der Waals surface area (Å²) >= 11 is 0. The van der Waals surface area contributed by atoms with Crippen LogP contribution in [0.3, 0.4) is 0 Å². The van der Waals surface area contributed by atoms with Crippen LogP contribution in [0.4, 0.5) is 0 Å². The maximum Gasteiger partial charge on any atom is 0.226 e. The van der Waals surface area contributed by atoms with Crippen molar-refractivity contribution in [1.29, 1.82) is 0 Å². The van der Waals surface area contributed by atoms with E-state index >= 15 is 0 Å². The minimum absolute atomic E-state index is 0.104. The summed E-state index contributed by atoms with van der Waals surface area (Å²) in [4.78, 5) is 19.2. The number of likely N-dealkylation sites (tertiary alicyclic amines) is 1. The minimum Gasteiger partial charge on any atom is -0.352 e. The van der Waals surface area contributed by atoms with Crippen LogP contribution in [0.25, 0.3) is 0 Å². The third-order valence-corrected chi connectivity index (χ3v) is 5.36. The predicted octanol–water partition coefficient (Wildman–Crippen LogP) is 2.82. The summed E-state index contributed by atoms with van der Waals surface area (Å²) < 4.78 is 5.28. The van der Waals surface area contributed by atoms with Crippen LogP contribution in [0.2, 0.25) is 0 Å². The molecule has 1 saturated heterocycles. The molecule has 1 aromatic heterocycles. The Bertz CT molecular complexity index is 572. The lowest BCUT2D eigenvalue weighted by Crippen LogP contribution is -2.39. The summed E-state index contributed by atoms with van der Waals surface area (Å²) in [6.45, 7) is 8.34. The number of carbonyl (C=O) groups excluding carboxylic acids is 1. The van der Waals surface area contributed by atoms with Gasteiger partial charge in [0.1, 0.15) is 0 Å². The predicted molar refractivity (Wildman–Crippen MR) is 96.3 cm³/mol. The quantitative estimate of drug-likeness (QED) is 0.856. The Hall–Kier alpha value is -1.43. The lowest BCUT2D eigenvalue weighted by Gasteiger charge is -2.23. The Morgan fingerprint density at radius 3 is 2.72 bits per heavy atom. The van der Waals surface area contributed by atoms with Gasteiger partial charge in [0.15, 0.2) is 5.82 Å². The number of nitrogens with zero attached hydrogens (tertiary/aromatic N) is 3. The molecule has 2 heterocycles. The van der Waals surface area contributed by atoms with Crippen molar-refractivity contribution < 1.29 is 9.32 Å². The number of amides is 1. The van der Waals surface area contributed by atoms with Crippen LogP contribution in [0.15, 0.2) is 4.52 Å². The molecule has 0 spiro atoms. The van der Waals surface area contributed by atoms with Crippen LogP contribution >= 0.6 is 0 Å². The standard InChI is InChI=1S/C19H32N4O2/c1-19(2,3)18-21-17(25-22-18)10-6-9-16(24)20-14-11-12-23(13-14)15-7-4-5-8-15/h14-15H,4-13H2,1-3H3,(H,20,24). The summed E-state index contributed by atoms with van der Waals surface area (Å²) in [5.74, 6) is 1.50. The summed E-state index contributed by atoms with van der Waals surface area (Å²) in [6.07, 6.45) is 8.42. The zero-order valence-corrected chi connectivity index (χ0v) is 15.9. The van der Waals surface area contributed by atoms with Crippen molar-refractivity contribution in [1.82, 2.24) is 20.4 Å². The van der Waals surface area contributed by atoms with Gasteiger partial charge in [0.25, 0.3) is 0 Å². The zero-order chi connectivity index (χ0) is 17.9. The average Bonchev–Trinajstić information content (AvgIpc) is 3.27. The number of carbonyl (C=O) groups is 1. The molecule has 2 aliphatic rings. The van der Waals surface area contributed by atoms with Crippen molar-refractivity contribution in [2.45, 2.75) is 89.6 Å². The molecule has 1 unspecified atom stereocenters. The molecule has 0 aromatic carbocycles. The SMILES string of the molecule is CC(C)(C)c1noc(CCCC(=O)NC2CCN(C3CCCC3)C2)n1. The van der Waals surface area contributed by atoms with Crippen molar-refractivity contribution in [3.05, 3.63) is 11.7 Å². The second-order valence-corrected chi connectivity index (χ2v) is 8.60. The van der Waals surface area contributed by atoms with Crippen molar-refractivity contribution >= 4 is 5.91 Å². The first kappa shape index (κ1) is 18.4. The summed E-state index contributed by atoms with van der Waals surface area (Å²) in [7, 11) is 0. The Kier molecular flexibility index (Phi) is 5.77. The maximum atomic E-state index is 12.2. The highest BCUT2D eigenvalue weighted by atomic mass is 16.5. The number of aromatic nitrogens is 2. The van der Waals surface area contributed by atoms with Gasteiger partial charge in [0.05, 0.1) is 0 Å². The van der Waals surface area contributed by atoms with Gasteiger partial charge >= 0.3 is 0 Å². The number of hydrogen-bond donors (Lipinski definition) is 1. The number of nitrogens with one attached hydrogen (secondary N) is 1. The fourth-order valence-corrected chi connectivity index (χ4v) is 3.87. The Morgan fingerprint density at radius 2 is 2.04 bits per heavy atom. The van der Waals surface area contributed by atoms with Crippen LogP contribution in [0.1, 0.15) is 77.4 Å². The van der Waals surface area contributed by atoms with Gasteiger partial charge in [-0.15, -0.1) is 0 Å². The van der Waals surface area contributed by atoms with Gasteiger partial charge in [-0.25, -0.2) is 0 Å². The van der Waals surface area contributed by atoms with Gasteiger partial charge in [-0.2, -0.15) is 4.98 Å². The van der Waals surface area contributed by atoms with Crippen LogP contribution in [-0.4, -0.2) is 46.1 Å². The van der Waals surface area contributed by atoms with Gasteiger partial charge < -0.3 is 9.84 Å². The average molecular weight is 348 g/mol. The maximum absolute atomic E-state index is 12.2. The second-order valence-electron chi connectivity index (χ2n) is 8.60. The molecule has 2 fully saturated rings. The van der Waals surface area contributed by atoms with Gasteiger partial charge in [-0.1, -0.05) is 38.8 Å². The first-order chi connectivity index (χ1) is 11.9. The van der Waals surface area contributed by atoms with E-state index in [-0.39, 0.29) is 11.3 Å². The lowest BCUT2D eigenvalue weighted by atomic mass is 9.96. The van der Waals surface area contributed by atoms with Crippen molar-refractivity contribution in [2.75, 3.05) is 13.1 Å². The number of aryl methyl sites for hydroxylation is 1. The minimum atomic E-state index is -0.104. The van der Waals surface area contributed by atoms with Crippen LogP contribution in [0, 0.1) is 0 Å². The Balaban J connectivity index is 1.35. The summed E-state index contributed by atoms with van der Waals surface area (Å²) in [6, 6.07) is 1.08. The molecule has 1 amide bonds. The Labute approximate surface area is 150 Å². The second kappa shape index (κ2) is 7.85. The topological polar surface area (TPSA) is 71.3 Å². The molecule has 3 rings (SSSR count). The van der Waals surface area contributed by atoms with Crippen LogP contribution < -0.4 is 5.32 Å². The van der Waals surface area contributed by atoms with Gasteiger partial charge in [-0.05, 0) is 25.7 Å². The van der Waals surface area contributed by atoms with Gasteiger partial charge in [0.2, 0.25) is 11.8 Å². The molecular formula is C19H32N4O2. The third kappa shape index (κ3) is 5.03. The van der Waals surface area contributed by atoms with Crippen molar-refractivity contribution in [2.24, 2.45) is 0 Å².